The highest BCUT2D eigenvalue weighted by atomic mass is 32.2. The van der Waals surface area contributed by atoms with Crippen LogP contribution >= 0.6 is 11.8 Å². The third-order valence-corrected chi connectivity index (χ3v) is 5.92. The number of nitriles is 1. The molecule has 3 rings (SSSR count). The van der Waals surface area contributed by atoms with Crippen LogP contribution in [0, 0.1) is 17.2 Å². The number of fused-ring (bicyclic) bond motifs is 1. The van der Waals surface area contributed by atoms with Gasteiger partial charge in [0.15, 0.2) is 11.5 Å². The number of ether oxygens (including phenoxy) is 2. The van der Waals surface area contributed by atoms with E-state index in [1.807, 2.05) is 31.3 Å². The number of rotatable bonds is 5. The molecule has 1 aromatic rings. The number of aliphatic imine (C=N–C) groups is 1. The number of thioether (sulfide) groups is 1. The molecule has 1 saturated carbocycles. The number of allylic oxidation sites excluding steroid dienone is 1. The Labute approximate surface area is 147 Å². The molecule has 1 aliphatic carbocycles. The van der Waals surface area contributed by atoms with Gasteiger partial charge in [0.2, 0.25) is 0 Å². The molecule has 1 heterocycles. The highest BCUT2D eigenvalue weighted by molar-refractivity contribution is 8.04. The maximum Gasteiger partial charge on any atom is 0.161 e. The van der Waals surface area contributed by atoms with Crippen molar-refractivity contribution < 1.29 is 9.47 Å². The summed E-state index contributed by atoms with van der Waals surface area (Å²) in [5, 5.41) is 10.9. The Hall–Kier alpha value is -1.93. The van der Waals surface area contributed by atoms with Crippen LogP contribution in [-0.2, 0) is 0 Å². The molecule has 0 N–H and O–H groups in total. The predicted octanol–water partition coefficient (Wildman–Crippen LogP) is 4.55. The van der Waals surface area contributed by atoms with Crippen LogP contribution in [0.5, 0.6) is 11.5 Å². The van der Waals surface area contributed by atoms with Crippen molar-refractivity contribution in [3.8, 4) is 17.6 Å². The van der Waals surface area contributed by atoms with Gasteiger partial charge in [-0.3, -0.25) is 0 Å². The van der Waals surface area contributed by atoms with E-state index < -0.39 is 0 Å². The van der Waals surface area contributed by atoms with Gasteiger partial charge in [0.25, 0.3) is 0 Å². The minimum atomic E-state index is 0.399. The van der Waals surface area contributed by atoms with Gasteiger partial charge in [0, 0.05) is 17.4 Å². The normalized spacial score (nSPS) is 23.2. The van der Waals surface area contributed by atoms with E-state index in [1.165, 1.54) is 19.3 Å². The lowest BCUT2D eigenvalue weighted by molar-refractivity contribution is 0.311. The van der Waals surface area contributed by atoms with E-state index in [2.05, 4.69) is 11.1 Å². The van der Waals surface area contributed by atoms with Gasteiger partial charge in [-0.2, -0.15) is 5.26 Å². The van der Waals surface area contributed by atoms with Gasteiger partial charge in [-0.05, 0) is 43.5 Å². The standard InChI is InChI=1S/C19H22N2O2S/c1-3-23-16-9-8-13(10-17(16)22-2)12-21-19-15(11-20)14-6-4-5-7-18(14)24-19/h8-10,12,14,18H,3-7H2,1-2H3/t14-,18-/m1/s1. The van der Waals surface area contributed by atoms with Crippen molar-refractivity contribution in [3.63, 3.8) is 0 Å². The van der Waals surface area contributed by atoms with Gasteiger partial charge in [-0.25, -0.2) is 4.99 Å². The number of hydrogen-bond donors (Lipinski definition) is 0. The fourth-order valence-corrected chi connectivity index (χ4v) is 4.78. The lowest BCUT2D eigenvalue weighted by Crippen LogP contribution is -2.18. The maximum atomic E-state index is 9.52. The van der Waals surface area contributed by atoms with E-state index in [0.717, 1.165) is 28.3 Å². The summed E-state index contributed by atoms with van der Waals surface area (Å²) in [4.78, 5) is 4.62. The molecule has 0 saturated heterocycles. The van der Waals surface area contributed by atoms with Crippen LogP contribution in [0.25, 0.3) is 0 Å². The lowest BCUT2D eigenvalue weighted by atomic mass is 9.84. The molecule has 1 aliphatic heterocycles. The molecule has 0 aromatic heterocycles. The van der Waals surface area contributed by atoms with Crippen LogP contribution in [0.1, 0.15) is 38.2 Å². The monoisotopic (exact) mass is 342 g/mol. The fraction of sp³-hybridized carbons (Fsp3) is 0.474. The van der Waals surface area contributed by atoms with E-state index in [9.17, 15) is 5.26 Å². The van der Waals surface area contributed by atoms with Crippen LogP contribution < -0.4 is 9.47 Å². The third kappa shape index (κ3) is 3.44. The fourth-order valence-electron chi connectivity index (χ4n) is 3.34. The number of benzene rings is 1. The maximum absolute atomic E-state index is 9.52. The SMILES string of the molecule is CCOc1ccc(C=NC2=C(C#N)[C@H]3CCCC[C@H]3S2)cc1OC. The first-order chi connectivity index (χ1) is 11.8. The van der Waals surface area contributed by atoms with Crippen molar-refractivity contribution in [1.29, 1.82) is 5.26 Å². The summed E-state index contributed by atoms with van der Waals surface area (Å²) in [7, 11) is 1.63. The Balaban J connectivity index is 1.81. The molecule has 0 radical (unpaired) electrons. The summed E-state index contributed by atoms with van der Waals surface area (Å²) in [6.45, 7) is 2.54. The molecule has 1 aromatic carbocycles. The lowest BCUT2D eigenvalue weighted by Gasteiger charge is -2.24. The summed E-state index contributed by atoms with van der Waals surface area (Å²) >= 11 is 1.77. The Bertz CT molecular complexity index is 706. The Kier molecular flexibility index (Phi) is 5.47. The van der Waals surface area contributed by atoms with Crippen molar-refractivity contribution in [2.24, 2.45) is 10.9 Å². The molecule has 2 aliphatic rings. The minimum Gasteiger partial charge on any atom is -0.493 e. The largest absolute Gasteiger partial charge is 0.493 e. The van der Waals surface area contributed by atoms with Crippen molar-refractivity contribution in [3.05, 3.63) is 34.4 Å². The highest BCUT2D eigenvalue weighted by Crippen LogP contribution is 2.49. The van der Waals surface area contributed by atoms with Crippen LogP contribution in [0.2, 0.25) is 0 Å². The summed E-state index contributed by atoms with van der Waals surface area (Å²) in [6.07, 6.45) is 6.61. The van der Waals surface area contributed by atoms with Crippen LogP contribution in [0.4, 0.5) is 0 Å². The Morgan fingerprint density at radius 2 is 2.17 bits per heavy atom. The molecular formula is C19H22N2O2S. The average Bonchev–Trinajstić information content (AvgIpc) is 2.98. The Morgan fingerprint density at radius 3 is 2.92 bits per heavy atom. The topological polar surface area (TPSA) is 54.6 Å². The molecule has 126 valence electrons. The van der Waals surface area contributed by atoms with Gasteiger partial charge in [0.05, 0.1) is 25.4 Å². The molecule has 0 spiro atoms. The zero-order valence-corrected chi connectivity index (χ0v) is 14.9. The van der Waals surface area contributed by atoms with Gasteiger partial charge >= 0.3 is 0 Å². The molecule has 1 fully saturated rings. The van der Waals surface area contributed by atoms with E-state index in [0.29, 0.717) is 23.5 Å². The molecule has 5 heteroatoms. The average molecular weight is 342 g/mol. The molecule has 24 heavy (non-hydrogen) atoms. The van der Waals surface area contributed by atoms with Crippen LogP contribution in [-0.4, -0.2) is 25.2 Å². The van der Waals surface area contributed by atoms with E-state index in [-0.39, 0.29) is 0 Å². The van der Waals surface area contributed by atoms with E-state index in [4.69, 9.17) is 9.47 Å². The van der Waals surface area contributed by atoms with Crippen molar-refractivity contribution in [2.75, 3.05) is 13.7 Å². The first-order valence-electron chi connectivity index (χ1n) is 8.42. The van der Waals surface area contributed by atoms with Crippen molar-refractivity contribution in [2.45, 2.75) is 37.9 Å². The minimum absolute atomic E-state index is 0.399. The van der Waals surface area contributed by atoms with Crippen molar-refractivity contribution in [1.82, 2.24) is 0 Å². The first-order valence-corrected chi connectivity index (χ1v) is 9.30. The van der Waals surface area contributed by atoms with E-state index >= 15 is 0 Å². The smallest absolute Gasteiger partial charge is 0.161 e. The molecule has 0 amide bonds. The zero-order chi connectivity index (χ0) is 16.9. The second-order valence-corrected chi connectivity index (χ2v) is 7.21. The summed E-state index contributed by atoms with van der Waals surface area (Å²) in [5.41, 5.74) is 1.81. The molecule has 0 bridgehead atoms. The number of methoxy groups -OCH3 is 1. The van der Waals surface area contributed by atoms with Gasteiger partial charge in [0.1, 0.15) is 5.03 Å². The van der Waals surface area contributed by atoms with Gasteiger partial charge < -0.3 is 9.47 Å². The number of nitrogens with zero attached hydrogens (tertiary/aromatic N) is 2. The summed E-state index contributed by atoms with van der Waals surface area (Å²) < 4.78 is 10.9. The summed E-state index contributed by atoms with van der Waals surface area (Å²) in [6, 6.07) is 8.16. The molecular weight excluding hydrogens is 320 g/mol. The van der Waals surface area contributed by atoms with E-state index in [1.54, 1.807) is 18.9 Å². The second-order valence-electron chi connectivity index (χ2n) is 5.98. The quantitative estimate of drug-likeness (QED) is 0.736. The van der Waals surface area contributed by atoms with Gasteiger partial charge in [-0.1, -0.05) is 12.8 Å². The van der Waals surface area contributed by atoms with Crippen molar-refractivity contribution >= 4 is 18.0 Å². The van der Waals surface area contributed by atoms with Gasteiger partial charge in [-0.15, -0.1) is 11.8 Å². The summed E-state index contributed by atoms with van der Waals surface area (Å²) in [5.74, 6) is 1.83. The molecule has 4 nitrogen and oxygen atoms in total. The molecule has 0 unspecified atom stereocenters. The Morgan fingerprint density at radius 1 is 1.33 bits per heavy atom. The van der Waals surface area contributed by atoms with Crippen LogP contribution in [0.3, 0.4) is 0 Å². The first kappa shape index (κ1) is 16.9. The number of hydrogen-bond acceptors (Lipinski definition) is 5. The van der Waals surface area contributed by atoms with Crippen LogP contribution in [0.15, 0.2) is 33.8 Å². The zero-order valence-electron chi connectivity index (χ0n) is 14.1. The highest BCUT2D eigenvalue weighted by Gasteiger charge is 2.37. The molecule has 2 atom stereocenters. The second kappa shape index (κ2) is 7.76. The predicted molar refractivity (Wildman–Crippen MR) is 97.7 cm³/mol. The third-order valence-electron chi connectivity index (χ3n) is 4.51.